The lowest BCUT2D eigenvalue weighted by Gasteiger charge is -2.22. The van der Waals surface area contributed by atoms with Gasteiger partial charge < -0.3 is 20.3 Å². The van der Waals surface area contributed by atoms with E-state index in [1.807, 2.05) is 0 Å². The van der Waals surface area contributed by atoms with Crippen LogP contribution in [0.25, 0.3) is 0 Å². The fourth-order valence-electron chi connectivity index (χ4n) is 12.4. The van der Waals surface area contributed by atoms with Gasteiger partial charge in [0, 0.05) is 12.8 Å². The van der Waals surface area contributed by atoms with Gasteiger partial charge in [0.1, 0.15) is 0 Å². The Morgan fingerprint density at radius 2 is 0.595 bits per heavy atom. The number of ether oxygens (including phenoxy) is 1. The van der Waals surface area contributed by atoms with Gasteiger partial charge in [0.05, 0.1) is 25.4 Å². The summed E-state index contributed by atoms with van der Waals surface area (Å²) in [5.41, 5.74) is 0. The molecule has 0 fully saturated rings. The summed E-state index contributed by atoms with van der Waals surface area (Å²) in [6.45, 7) is 4.98. The molecule has 0 rings (SSSR count). The van der Waals surface area contributed by atoms with Gasteiger partial charge in [0.2, 0.25) is 5.91 Å². The molecule has 2 unspecified atom stereocenters. The molecule has 3 N–H and O–H groups in total. The summed E-state index contributed by atoms with van der Waals surface area (Å²) in [4.78, 5) is 24.6. The summed E-state index contributed by atoms with van der Waals surface area (Å²) in [7, 11) is 0. The molecule has 498 valence electrons. The first-order valence-electron chi connectivity index (χ1n) is 38.6. The predicted octanol–water partition coefficient (Wildman–Crippen LogP) is 25.3. The quantitative estimate of drug-likeness (QED) is 0.0320. The van der Waals surface area contributed by atoms with Crippen LogP contribution in [-0.4, -0.2) is 47.4 Å². The second-order valence-electron chi connectivity index (χ2n) is 26.7. The van der Waals surface area contributed by atoms with Crippen LogP contribution in [0, 0.1) is 0 Å². The lowest BCUT2D eigenvalue weighted by atomic mass is 10.0. The van der Waals surface area contributed by atoms with Gasteiger partial charge in [-0.1, -0.05) is 391 Å². The van der Waals surface area contributed by atoms with Crippen molar-refractivity contribution in [3.63, 3.8) is 0 Å². The fourth-order valence-corrected chi connectivity index (χ4v) is 12.4. The van der Waals surface area contributed by atoms with E-state index >= 15 is 0 Å². The van der Waals surface area contributed by atoms with Crippen LogP contribution in [0.4, 0.5) is 0 Å². The summed E-state index contributed by atoms with van der Waals surface area (Å²) >= 11 is 0. The highest BCUT2D eigenvalue weighted by Crippen LogP contribution is 2.20. The fraction of sp³-hybridized carbons (Fsp3) is 0.923. The molecule has 0 aliphatic heterocycles. The summed E-state index contributed by atoms with van der Waals surface area (Å²) in [5.74, 6) is -0.0185. The second-order valence-corrected chi connectivity index (χ2v) is 26.7. The van der Waals surface area contributed by atoms with E-state index in [9.17, 15) is 19.8 Å². The average Bonchev–Trinajstić information content (AvgIpc) is 3.51. The molecule has 0 aromatic carbocycles. The van der Waals surface area contributed by atoms with Crippen LogP contribution in [0.3, 0.4) is 0 Å². The number of amides is 1. The van der Waals surface area contributed by atoms with E-state index in [1.165, 1.54) is 353 Å². The van der Waals surface area contributed by atoms with Gasteiger partial charge in [-0.2, -0.15) is 0 Å². The highest BCUT2D eigenvalue weighted by Gasteiger charge is 2.20. The Morgan fingerprint density at radius 1 is 0.333 bits per heavy atom. The number of carbonyl (C=O) groups excluding carboxylic acids is 2. The van der Waals surface area contributed by atoms with Crippen LogP contribution < -0.4 is 5.32 Å². The molecular weight excluding hydrogens is 1030 g/mol. The lowest BCUT2D eigenvalue weighted by molar-refractivity contribution is -0.143. The van der Waals surface area contributed by atoms with Crippen LogP contribution in [0.5, 0.6) is 0 Å². The highest BCUT2D eigenvalue weighted by atomic mass is 16.5. The molecule has 1 amide bonds. The highest BCUT2D eigenvalue weighted by molar-refractivity contribution is 5.76. The van der Waals surface area contributed by atoms with Gasteiger partial charge in [-0.25, -0.2) is 0 Å². The number of carbonyl (C=O) groups is 2. The van der Waals surface area contributed by atoms with Crippen LogP contribution in [0.1, 0.15) is 438 Å². The van der Waals surface area contributed by atoms with E-state index < -0.39 is 12.1 Å². The van der Waals surface area contributed by atoms with E-state index in [0.29, 0.717) is 25.9 Å². The minimum absolute atomic E-state index is 0.00756. The van der Waals surface area contributed by atoms with E-state index in [2.05, 4.69) is 43.5 Å². The first kappa shape index (κ1) is 82.3. The molecule has 0 aliphatic carbocycles. The van der Waals surface area contributed by atoms with Gasteiger partial charge in [0.15, 0.2) is 0 Å². The maximum Gasteiger partial charge on any atom is 0.305 e. The number of nitrogens with one attached hydrogen (secondary N) is 1. The Bertz CT molecular complexity index is 1320. The van der Waals surface area contributed by atoms with Crippen molar-refractivity contribution in [3.8, 4) is 0 Å². The largest absolute Gasteiger partial charge is 0.466 e. The maximum atomic E-state index is 12.6. The standard InChI is InChI=1S/C78H151NO5/c1-3-5-7-9-11-13-15-17-19-21-22-33-36-39-42-46-50-54-58-62-66-70-76(81)75(74-80)79-77(82)71-67-63-59-55-51-47-43-40-37-34-31-29-27-25-23-24-26-28-30-32-35-38-41-45-49-53-57-61-65-69-73-84-78(83)72-68-64-60-56-52-48-44-20-18-16-14-12-10-8-6-4-2/h14,16,20,44,75-76,80-81H,3-13,15,17-19,21-43,45-74H2,1-2H3,(H,79,82)/b16-14-,44-20-. The van der Waals surface area contributed by atoms with Crippen molar-refractivity contribution in [2.75, 3.05) is 13.2 Å². The average molecular weight is 1180 g/mol. The Balaban J connectivity index is 3.34. The Labute approximate surface area is 526 Å². The van der Waals surface area contributed by atoms with Gasteiger partial charge >= 0.3 is 5.97 Å². The molecule has 0 saturated heterocycles. The zero-order valence-electron chi connectivity index (χ0n) is 57.2. The first-order valence-corrected chi connectivity index (χ1v) is 38.6. The second kappa shape index (κ2) is 73.8. The number of hydrogen-bond acceptors (Lipinski definition) is 5. The number of aliphatic hydroxyl groups is 2. The van der Waals surface area contributed by atoms with E-state index in [0.717, 1.165) is 51.4 Å². The van der Waals surface area contributed by atoms with Crippen LogP contribution in [-0.2, 0) is 14.3 Å². The number of allylic oxidation sites excluding steroid dienone is 4. The zero-order chi connectivity index (χ0) is 60.6. The molecule has 0 saturated carbocycles. The van der Waals surface area contributed by atoms with E-state index in [4.69, 9.17) is 4.74 Å². The first-order chi connectivity index (χ1) is 41.5. The van der Waals surface area contributed by atoms with Crippen molar-refractivity contribution in [1.29, 1.82) is 0 Å². The molecular formula is C78H151NO5. The molecule has 0 spiro atoms. The third kappa shape index (κ3) is 69.4. The van der Waals surface area contributed by atoms with Crippen molar-refractivity contribution < 1.29 is 24.5 Å². The number of esters is 1. The van der Waals surface area contributed by atoms with E-state index in [-0.39, 0.29) is 18.5 Å². The number of hydrogen-bond donors (Lipinski definition) is 3. The molecule has 0 aliphatic rings. The number of aliphatic hydroxyl groups excluding tert-OH is 2. The monoisotopic (exact) mass is 1180 g/mol. The van der Waals surface area contributed by atoms with Gasteiger partial charge in [-0.3, -0.25) is 9.59 Å². The Kier molecular flexibility index (Phi) is 72.3. The topological polar surface area (TPSA) is 95.9 Å². The molecule has 6 heteroatoms. The lowest BCUT2D eigenvalue weighted by Crippen LogP contribution is -2.45. The predicted molar refractivity (Wildman–Crippen MR) is 370 cm³/mol. The van der Waals surface area contributed by atoms with Crippen molar-refractivity contribution in [2.45, 2.75) is 450 Å². The summed E-state index contributed by atoms with van der Waals surface area (Å²) < 4.78 is 5.50. The smallest absolute Gasteiger partial charge is 0.305 e. The molecule has 0 aromatic rings. The van der Waals surface area contributed by atoms with Crippen LogP contribution in [0.15, 0.2) is 24.3 Å². The summed E-state index contributed by atoms with van der Waals surface area (Å²) in [5, 5.41) is 23.5. The SMILES string of the molecule is CCCCCC/C=C\C/C=C\CCCCCCCC(=O)OCCCCCCCCCCCCCCCCCCCCCCCCCCCCCCCCC(=O)NC(CO)C(O)CCCCCCCCCCCCCCCCCCCCCCC. The van der Waals surface area contributed by atoms with Crippen LogP contribution in [0.2, 0.25) is 0 Å². The normalized spacial score (nSPS) is 12.6. The van der Waals surface area contributed by atoms with E-state index in [1.54, 1.807) is 0 Å². The zero-order valence-corrected chi connectivity index (χ0v) is 57.2. The van der Waals surface area contributed by atoms with Crippen molar-refractivity contribution in [2.24, 2.45) is 0 Å². The molecule has 6 nitrogen and oxygen atoms in total. The van der Waals surface area contributed by atoms with Crippen LogP contribution >= 0.6 is 0 Å². The minimum atomic E-state index is -0.662. The molecule has 0 aromatic heterocycles. The number of unbranched alkanes of at least 4 members (excludes halogenated alkanes) is 58. The Morgan fingerprint density at radius 3 is 0.917 bits per heavy atom. The minimum Gasteiger partial charge on any atom is -0.466 e. The van der Waals surface area contributed by atoms with Gasteiger partial charge in [-0.05, 0) is 57.8 Å². The third-order valence-electron chi connectivity index (χ3n) is 18.3. The molecule has 0 radical (unpaired) electrons. The van der Waals surface area contributed by atoms with Crippen molar-refractivity contribution in [1.82, 2.24) is 5.32 Å². The van der Waals surface area contributed by atoms with Gasteiger partial charge in [-0.15, -0.1) is 0 Å². The maximum absolute atomic E-state index is 12.6. The molecule has 0 heterocycles. The summed E-state index contributed by atoms with van der Waals surface area (Å²) in [6.07, 6.45) is 94.0. The van der Waals surface area contributed by atoms with Crippen molar-refractivity contribution in [3.05, 3.63) is 24.3 Å². The summed E-state index contributed by atoms with van der Waals surface area (Å²) in [6, 6.07) is -0.539. The van der Waals surface area contributed by atoms with Crippen molar-refractivity contribution >= 4 is 11.9 Å². The third-order valence-corrected chi connectivity index (χ3v) is 18.3. The molecule has 2 atom stereocenters. The van der Waals surface area contributed by atoms with Gasteiger partial charge in [0.25, 0.3) is 0 Å². The molecule has 84 heavy (non-hydrogen) atoms. The molecule has 0 bridgehead atoms. The number of rotatable bonds is 73. The Hall–Kier alpha value is -1.66.